The Bertz CT molecular complexity index is 508. The van der Waals surface area contributed by atoms with Gasteiger partial charge in [0.2, 0.25) is 5.91 Å². The first-order chi connectivity index (χ1) is 10.7. The second-order valence-electron chi connectivity index (χ2n) is 6.56. The summed E-state index contributed by atoms with van der Waals surface area (Å²) in [6.45, 7) is 4.54. The van der Waals surface area contributed by atoms with Crippen molar-refractivity contribution in [3.63, 3.8) is 0 Å². The minimum atomic E-state index is -0.268. The summed E-state index contributed by atoms with van der Waals surface area (Å²) in [5.41, 5.74) is 1.23. The maximum absolute atomic E-state index is 12.3. The Hall–Kier alpha value is -1.46. The van der Waals surface area contributed by atoms with Crippen molar-refractivity contribution in [3.8, 4) is 0 Å². The van der Waals surface area contributed by atoms with E-state index >= 15 is 0 Å². The second kappa shape index (κ2) is 6.75. The number of hydrogen-bond acceptors (Lipinski definition) is 4. The average molecular weight is 303 g/mol. The molecule has 1 N–H and O–H groups in total. The van der Waals surface area contributed by atoms with Crippen molar-refractivity contribution in [2.24, 2.45) is 11.8 Å². The number of pyridine rings is 1. The van der Waals surface area contributed by atoms with Crippen LogP contribution >= 0.6 is 0 Å². The molecule has 2 fully saturated rings. The predicted molar refractivity (Wildman–Crippen MR) is 84.2 cm³/mol. The van der Waals surface area contributed by atoms with E-state index in [1.54, 1.807) is 6.20 Å². The molecule has 1 amide bonds. The molecule has 0 spiro atoms. The number of aromatic nitrogens is 1. The van der Waals surface area contributed by atoms with Crippen LogP contribution in [-0.4, -0.2) is 48.6 Å². The molecule has 22 heavy (non-hydrogen) atoms. The van der Waals surface area contributed by atoms with Gasteiger partial charge in [0.05, 0.1) is 0 Å². The van der Waals surface area contributed by atoms with Gasteiger partial charge < -0.3 is 10.1 Å². The fourth-order valence-corrected chi connectivity index (χ4v) is 3.68. The number of ether oxygens (including phenoxy) is 1. The van der Waals surface area contributed by atoms with Crippen molar-refractivity contribution >= 4 is 5.91 Å². The summed E-state index contributed by atoms with van der Waals surface area (Å²) in [7, 11) is 2.14. The van der Waals surface area contributed by atoms with E-state index in [0.29, 0.717) is 31.0 Å². The zero-order valence-electron chi connectivity index (χ0n) is 13.4. The SMILES string of the molecule is C[C@@H]1CCO[C@H]1C(=O)NC[C@@H]1CCN(C)[C@H]1c1cccnc1. The quantitative estimate of drug-likeness (QED) is 0.918. The van der Waals surface area contributed by atoms with Crippen molar-refractivity contribution in [1.29, 1.82) is 0 Å². The van der Waals surface area contributed by atoms with Gasteiger partial charge in [0.25, 0.3) is 0 Å². The maximum Gasteiger partial charge on any atom is 0.249 e. The molecule has 4 atom stereocenters. The van der Waals surface area contributed by atoms with E-state index in [1.165, 1.54) is 5.56 Å². The van der Waals surface area contributed by atoms with Crippen LogP contribution in [0.4, 0.5) is 0 Å². The summed E-state index contributed by atoms with van der Waals surface area (Å²) < 4.78 is 5.54. The molecular formula is C17H25N3O2. The Balaban J connectivity index is 1.60. The summed E-state index contributed by atoms with van der Waals surface area (Å²) in [6.07, 6.45) is 5.54. The van der Waals surface area contributed by atoms with Crippen molar-refractivity contribution in [3.05, 3.63) is 30.1 Å². The predicted octanol–water partition coefficient (Wildman–Crippen LogP) is 1.62. The third-order valence-electron chi connectivity index (χ3n) is 4.98. The van der Waals surface area contributed by atoms with Gasteiger partial charge in [0.15, 0.2) is 0 Å². The van der Waals surface area contributed by atoms with Crippen molar-refractivity contribution in [1.82, 2.24) is 15.2 Å². The average Bonchev–Trinajstić information content (AvgIpc) is 3.11. The lowest BCUT2D eigenvalue weighted by molar-refractivity contribution is -0.131. The first kappa shape index (κ1) is 15.4. The zero-order valence-corrected chi connectivity index (χ0v) is 13.4. The Kier molecular flexibility index (Phi) is 4.74. The summed E-state index contributed by atoms with van der Waals surface area (Å²) in [5, 5.41) is 3.11. The van der Waals surface area contributed by atoms with Gasteiger partial charge in [0, 0.05) is 31.6 Å². The van der Waals surface area contributed by atoms with E-state index in [4.69, 9.17) is 4.74 Å². The fraction of sp³-hybridized carbons (Fsp3) is 0.647. The Morgan fingerprint density at radius 3 is 3.05 bits per heavy atom. The van der Waals surface area contributed by atoms with E-state index in [0.717, 1.165) is 19.4 Å². The van der Waals surface area contributed by atoms with Gasteiger partial charge in [-0.1, -0.05) is 13.0 Å². The molecule has 2 aliphatic rings. The number of carbonyl (C=O) groups is 1. The molecule has 1 aromatic heterocycles. The van der Waals surface area contributed by atoms with Crippen molar-refractivity contribution in [2.75, 3.05) is 26.7 Å². The van der Waals surface area contributed by atoms with Crippen LogP contribution in [0, 0.1) is 11.8 Å². The molecule has 0 bridgehead atoms. The molecule has 2 aliphatic heterocycles. The smallest absolute Gasteiger partial charge is 0.249 e. The van der Waals surface area contributed by atoms with E-state index in [9.17, 15) is 4.79 Å². The van der Waals surface area contributed by atoms with Crippen LogP contribution < -0.4 is 5.32 Å². The van der Waals surface area contributed by atoms with Crippen LogP contribution in [0.2, 0.25) is 0 Å². The van der Waals surface area contributed by atoms with Gasteiger partial charge in [-0.2, -0.15) is 0 Å². The highest BCUT2D eigenvalue weighted by Crippen LogP contribution is 2.35. The van der Waals surface area contributed by atoms with E-state index in [-0.39, 0.29) is 12.0 Å². The number of carbonyl (C=O) groups excluding carboxylic acids is 1. The largest absolute Gasteiger partial charge is 0.368 e. The Morgan fingerprint density at radius 1 is 1.50 bits per heavy atom. The number of nitrogens with one attached hydrogen (secondary N) is 1. The van der Waals surface area contributed by atoms with Gasteiger partial charge in [-0.15, -0.1) is 0 Å². The van der Waals surface area contributed by atoms with Crippen LogP contribution in [-0.2, 0) is 9.53 Å². The molecule has 2 saturated heterocycles. The summed E-state index contributed by atoms with van der Waals surface area (Å²) in [5.74, 6) is 0.791. The monoisotopic (exact) mass is 303 g/mol. The molecule has 120 valence electrons. The Morgan fingerprint density at radius 2 is 2.36 bits per heavy atom. The van der Waals surface area contributed by atoms with E-state index in [1.807, 2.05) is 12.3 Å². The molecule has 3 heterocycles. The highest BCUT2D eigenvalue weighted by molar-refractivity contribution is 5.81. The lowest BCUT2D eigenvalue weighted by atomic mass is 9.94. The van der Waals surface area contributed by atoms with Crippen LogP contribution in [0.15, 0.2) is 24.5 Å². The van der Waals surface area contributed by atoms with Crippen LogP contribution in [0.5, 0.6) is 0 Å². The molecule has 0 aromatic carbocycles. The number of likely N-dealkylation sites (tertiary alicyclic amines) is 1. The van der Waals surface area contributed by atoms with Gasteiger partial charge in [-0.25, -0.2) is 0 Å². The third kappa shape index (κ3) is 3.15. The minimum Gasteiger partial charge on any atom is -0.368 e. The lowest BCUT2D eigenvalue weighted by Gasteiger charge is -2.26. The van der Waals surface area contributed by atoms with E-state index < -0.39 is 0 Å². The molecular weight excluding hydrogens is 278 g/mol. The molecule has 1 aromatic rings. The normalized spacial score (nSPS) is 32.3. The fourth-order valence-electron chi connectivity index (χ4n) is 3.68. The molecule has 0 radical (unpaired) electrons. The molecule has 5 nitrogen and oxygen atoms in total. The van der Waals surface area contributed by atoms with E-state index in [2.05, 4.69) is 35.2 Å². The van der Waals surface area contributed by atoms with Crippen LogP contribution in [0.3, 0.4) is 0 Å². The van der Waals surface area contributed by atoms with Gasteiger partial charge in [-0.3, -0.25) is 14.7 Å². The number of hydrogen-bond donors (Lipinski definition) is 1. The number of rotatable bonds is 4. The molecule has 3 rings (SSSR count). The summed E-state index contributed by atoms with van der Waals surface area (Å²) in [4.78, 5) is 18.9. The molecule has 0 unspecified atom stereocenters. The highest BCUT2D eigenvalue weighted by atomic mass is 16.5. The highest BCUT2D eigenvalue weighted by Gasteiger charge is 2.35. The van der Waals surface area contributed by atoms with Gasteiger partial charge in [0.1, 0.15) is 6.10 Å². The summed E-state index contributed by atoms with van der Waals surface area (Å²) >= 11 is 0. The Labute approximate surface area is 132 Å². The molecule has 0 saturated carbocycles. The molecule has 5 heteroatoms. The third-order valence-corrected chi connectivity index (χ3v) is 4.98. The van der Waals surface area contributed by atoms with Crippen molar-refractivity contribution < 1.29 is 9.53 Å². The first-order valence-corrected chi connectivity index (χ1v) is 8.16. The topological polar surface area (TPSA) is 54.5 Å². The number of nitrogens with zero attached hydrogens (tertiary/aromatic N) is 2. The van der Waals surface area contributed by atoms with Gasteiger partial charge >= 0.3 is 0 Å². The van der Waals surface area contributed by atoms with Gasteiger partial charge in [-0.05, 0) is 49.9 Å². The first-order valence-electron chi connectivity index (χ1n) is 8.16. The van der Waals surface area contributed by atoms with Crippen molar-refractivity contribution in [2.45, 2.75) is 31.9 Å². The standard InChI is InChI=1S/C17H25N3O2/c1-12-6-9-22-16(12)17(21)19-11-14-5-8-20(2)15(14)13-4-3-7-18-10-13/h3-4,7,10,12,14-16H,5-6,8-9,11H2,1-2H3,(H,19,21)/t12-,14+,15+,16-/m1/s1. The number of amides is 1. The lowest BCUT2D eigenvalue weighted by Crippen LogP contribution is -2.40. The maximum atomic E-state index is 12.3. The minimum absolute atomic E-state index is 0.0458. The van der Waals surface area contributed by atoms with Crippen LogP contribution in [0.1, 0.15) is 31.4 Å². The zero-order chi connectivity index (χ0) is 15.5. The summed E-state index contributed by atoms with van der Waals surface area (Å²) in [6, 6.07) is 4.43. The van der Waals surface area contributed by atoms with Crippen LogP contribution in [0.25, 0.3) is 0 Å². The molecule has 0 aliphatic carbocycles. The second-order valence-corrected chi connectivity index (χ2v) is 6.56.